The van der Waals surface area contributed by atoms with E-state index in [0.717, 1.165) is 6.42 Å². The van der Waals surface area contributed by atoms with Crippen LogP contribution in [-0.4, -0.2) is 35.3 Å². The second-order valence-electron chi connectivity index (χ2n) is 2.20. The third-order valence-corrected chi connectivity index (χ3v) is 1.01. The summed E-state index contributed by atoms with van der Waals surface area (Å²) in [5, 5.41) is 17.5. The highest BCUT2D eigenvalue weighted by molar-refractivity contribution is 4.18. The van der Waals surface area contributed by atoms with Crippen LogP contribution in [0.1, 0.15) is 13.3 Å². The van der Waals surface area contributed by atoms with Crippen LogP contribution in [-0.2, 0) is 0 Å². The number of aliphatic hydroxyl groups is 1. The molecule has 9 heavy (non-hydrogen) atoms. The standard InChI is InChI=1S/C5H14NO2.ClH/c1-3-4-6(2,8)5-7;/h7-8H,3-5H2,1-2H3;1H/q+1;/p-1. The predicted octanol–water partition coefficient (Wildman–Crippen LogP) is -2.81. The molecule has 0 aliphatic heterocycles. The summed E-state index contributed by atoms with van der Waals surface area (Å²) >= 11 is 0. The fourth-order valence-corrected chi connectivity index (χ4v) is 0.552. The molecule has 0 saturated heterocycles. The van der Waals surface area contributed by atoms with Gasteiger partial charge in [0.1, 0.15) is 13.6 Å². The number of quaternary nitrogens is 1. The van der Waals surface area contributed by atoms with Crippen LogP contribution in [0.25, 0.3) is 0 Å². The van der Waals surface area contributed by atoms with Gasteiger partial charge in [-0.3, -0.25) is 0 Å². The van der Waals surface area contributed by atoms with Crippen molar-refractivity contribution < 1.29 is 27.4 Å². The van der Waals surface area contributed by atoms with E-state index in [1.54, 1.807) is 7.05 Å². The average Bonchev–Trinajstić information content (AvgIpc) is 1.67. The fraction of sp³-hybridized carbons (Fsp3) is 1.00. The van der Waals surface area contributed by atoms with Gasteiger partial charge in [-0.2, -0.15) is 4.65 Å². The van der Waals surface area contributed by atoms with Crippen LogP contribution >= 0.6 is 0 Å². The Hall–Kier alpha value is 0.170. The average molecular weight is 156 g/mol. The Morgan fingerprint density at radius 2 is 1.89 bits per heavy atom. The van der Waals surface area contributed by atoms with E-state index in [0.29, 0.717) is 6.54 Å². The van der Waals surface area contributed by atoms with Crippen molar-refractivity contribution in [1.29, 1.82) is 0 Å². The number of rotatable bonds is 3. The molecule has 0 bridgehead atoms. The molecule has 0 aliphatic carbocycles. The molecular weight excluding hydrogens is 142 g/mol. The first-order valence-corrected chi connectivity index (χ1v) is 2.80. The Balaban J connectivity index is 0. The topological polar surface area (TPSA) is 40.5 Å². The summed E-state index contributed by atoms with van der Waals surface area (Å²) in [5.41, 5.74) is 0. The summed E-state index contributed by atoms with van der Waals surface area (Å²) in [4.78, 5) is 0. The van der Waals surface area contributed by atoms with Gasteiger partial charge in [0.15, 0.2) is 0 Å². The molecule has 1 unspecified atom stereocenters. The van der Waals surface area contributed by atoms with Crippen LogP contribution in [0.4, 0.5) is 0 Å². The Labute approximate surface area is 61.9 Å². The summed E-state index contributed by atoms with van der Waals surface area (Å²) in [7, 11) is 1.57. The van der Waals surface area contributed by atoms with Gasteiger partial charge in [0.2, 0.25) is 6.73 Å². The SMILES string of the molecule is CCC[N+](C)(O)CO.[Cl-]. The van der Waals surface area contributed by atoms with Crippen molar-refractivity contribution in [3.63, 3.8) is 0 Å². The minimum absolute atomic E-state index is 0. The molecule has 1 atom stereocenters. The van der Waals surface area contributed by atoms with Crippen LogP contribution < -0.4 is 12.4 Å². The first-order chi connectivity index (χ1) is 3.62. The lowest BCUT2D eigenvalue weighted by molar-refractivity contribution is -1.10. The lowest BCUT2D eigenvalue weighted by atomic mass is 10.4. The maximum atomic E-state index is 9.01. The van der Waals surface area contributed by atoms with Crippen LogP contribution in [0.2, 0.25) is 0 Å². The van der Waals surface area contributed by atoms with Gasteiger partial charge in [-0.05, 0) is 6.42 Å². The number of hydrogen-bond donors (Lipinski definition) is 2. The predicted molar refractivity (Wildman–Crippen MR) is 30.2 cm³/mol. The number of hydrogen-bond acceptors (Lipinski definition) is 2. The molecule has 3 nitrogen and oxygen atoms in total. The van der Waals surface area contributed by atoms with E-state index >= 15 is 0 Å². The van der Waals surface area contributed by atoms with E-state index in [1.807, 2.05) is 6.92 Å². The van der Waals surface area contributed by atoms with Crippen molar-refractivity contribution in [2.45, 2.75) is 13.3 Å². The van der Waals surface area contributed by atoms with Crippen molar-refractivity contribution >= 4 is 0 Å². The molecule has 0 rings (SSSR count). The van der Waals surface area contributed by atoms with Crippen LogP contribution in [0.5, 0.6) is 0 Å². The highest BCUT2D eigenvalue weighted by Gasteiger charge is 2.13. The molecule has 4 heteroatoms. The molecule has 0 radical (unpaired) electrons. The minimum atomic E-state index is -0.281. The van der Waals surface area contributed by atoms with Gasteiger partial charge in [0.25, 0.3) is 0 Å². The Bertz CT molecular complexity index is 68.0. The van der Waals surface area contributed by atoms with Gasteiger partial charge in [0, 0.05) is 0 Å². The molecule has 0 aromatic heterocycles. The van der Waals surface area contributed by atoms with Crippen molar-refractivity contribution in [2.24, 2.45) is 0 Å². The highest BCUT2D eigenvalue weighted by atomic mass is 35.5. The van der Waals surface area contributed by atoms with Crippen molar-refractivity contribution in [2.75, 3.05) is 20.3 Å². The summed E-state index contributed by atoms with van der Waals surface area (Å²) in [6.45, 7) is 2.37. The van der Waals surface area contributed by atoms with E-state index < -0.39 is 0 Å². The maximum Gasteiger partial charge on any atom is 0.210 e. The van der Waals surface area contributed by atoms with E-state index in [9.17, 15) is 0 Å². The first kappa shape index (κ1) is 11.9. The Kier molecular flexibility index (Phi) is 6.61. The maximum absolute atomic E-state index is 9.01. The zero-order chi connectivity index (χ0) is 6.62. The van der Waals surface area contributed by atoms with Crippen molar-refractivity contribution in [3.8, 4) is 0 Å². The Morgan fingerprint density at radius 1 is 1.44 bits per heavy atom. The summed E-state index contributed by atoms with van der Waals surface area (Å²) in [6, 6.07) is 0. The monoisotopic (exact) mass is 155 g/mol. The van der Waals surface area contributed by atoms with Crippen molar-refractivity contribution in [3.05, 3.63) is 0 Å². The fourth-order valence-electron chi connectivity index (χ4n) is 0.552. The molecule has 0 fully saturated rings. The minimum Gasteiger partial charge on any atom is -1.00 e. The van der Waals surface area contributed by atoms with E-state index in [2.05, 4.69) is 0 Å². The molecule has 0 aromatic carbocycles. The van der Waals surface area contributed by atoms with Crippen LogP contribution in [0.3, 0.4) is 0 Å². The molecule has 0 heterocycles. The molecule has 0 saturated carbocycles. The molecule has 58 valence electrons. The second-order valence-corrected chi connectivity index (χ2v) is 2.20. The molecule has 2 N–H and O–H groups in total. The van der Waals surface area contributed by atoms with Gasteiger partial charge in [-0.1, -0.05) is 6.92 Å². The number of aliphatic hydroxyl groups excluding tert-OH is 1. The van der Waals surface area contributed by atoms with Gasteiger partial charge < -0.3 is 17.5 Å². The number of nitrogens with zero attached hydrogens (tertiary/aromatic N) is 1. The van der Waals surface area contributed by atoms with Gasteiger partial charge in [-0.25, -0.2) is 5.21 Å². The third-order valence-electron chi connectivity index (χ3n) is 1.01. The largest absolute Gasteiger partial charge is 1.00 e. The van der Waals surface area contributed by atoms with Crippen LogP contribution in [0.15, 0.2) is 0 Å². The number of hydroxylamine groups is 3. The van der Waals surface area contributed by atoms with E-state index in [-0.39, 0.29) is 23.8 Å². The lowest BCUT2D eigenvalue weighted by Gasteiger charge is -2.20. The quantitative estimate of drug-likeness (QED) is 0.263. The number of halogens is 1. The van der Waals surface area contributed by atoms with Gasteiger partial charge >= 0.3 is 0 Å². The zero-order valence-electron chi connectivity index (χ0n) is 5.84. The molecule has 0 amide bonds. The smallest absolute Gasteiger partial charge is 0.210 e. The van der Waals surface area contributed by atoms with Crippen molar-refractivity contribution in [1.82, 2.24) is 0 Å². The van der Waals surface area contributed by atoms with Gasteiger partial charge in [0.05, 0.1) is 0 Å². The normalized spacial score (nSPS) is 16.0. The molecule has 0 spiro atoms. The van der Waals surface area contributed by atoms with E-state index in [4.69, 9.17) is 10.3 Å². The summed E-state index contributed by atoms with van der Waals surface area (Å²) in [5.74, 6) is 0. The van der Waals surface area contributed by atoms with E-state index in [1.165, 1.54) is 0 Å². The summed E-state index contributed by atoms with van der Waals surface area (Å²) in [6.07, 6.45) is 0.883. The third kappa shape index (κ3) is 6.05. The molecular formula is C5H14ClNO2. The zero-order valence-corrected chi connectivity index (χ0v) is 6.60. The lowest BCUT2D eigenvalue weighted by Crippen LogP contribution is -3.00. The first-order valence-electron chi connectivity index (χ1n) is 2.80. The Morgan fingerprint density at radius 3 is 2.00 bits per heavy atom. The molecule has 0 aliphatic rings. The summed E-state index contributed by atoms with van der Waals surface area (Å²) < 4.78 is -0.281. The van der Waals surface area contributed by atoms with Gasteiger partial charge in [-0.15, -0.1) is 0 Å². The van der Waals surface area contributed by atoms with Crippen LogP contribution in [0, 0.1) is 0 Å². The highest BCUT2D eigenvalue weighted by Crippen LogP contribution is 1.93. The molecule has 0 aromatic rings. The second kappa shape index (κ2) is 4.99.